The second kappa shape index (κ2) is 4.92. The van der Waals surface area contributed by atoms with E-state index in [0.29, 0.717) is 0 Å². The van der Waals surface area contributed by atoms with Gasteiger partial charge in [0.15, 0.2) is 0 Å². The largest absolute Gasteiger partial charge is 0.508 e. The molecular formula is C8H10NO3P. The first-order valence-electron chi connectivity index (χ1n) is 3.73. The molecule has 0 aliphatic heterocycles. The standard InChI is InChI=1S/C8H10NO3P/c9-8(5-12-13-11)6-1-3-7(10)4-2-6/h1-4,8,10H,5,9H2. The molecule has 13 heavy (non-hydrogen) atoms. The number of rotatable bonds is 4. The van der Waals surface area contributed by atoms with Crippen molar-refractivity contribution in [1.29, 1.82) is 0 Å². The van der Waals surface area contributed by atoms with E-state index in [2.05, 4.69) is 4.52 Å². The van der Waals surface area contributed by atoms with Gasteiger partial charge in [-0.05, 0) is 17.7 Å². The molecule has 0 radical (unpaired) electrons. The number of nitrogens with two attached hydrogens (primary N) is 1. The van der Waals surface area contributed by atoms with Crippen molar-refractivity contribution in [3.63, 3.8) is 0 Å². The van der Waals surface area contributed by atoms with Gasteiger partial charge in [-0.1, -0.05) is 12.1 Å². The Bertz CT molecular complexity index is 275. The summed E-state index contributed by atoms with van der Waals surface area (Å²) >= 11 is 0. The smallest absolute Gasteiger partial charge is 0.327 e. The third-order valence-corrected chi connectivity index (χ3v) is 1.88. The molecular weight excluding hydrogens is 189 g/mol. The first-order chi connectivity index (χ1) is 6.24. The molecule has 0 amide bonds. The number of hydrogen-bond donors (Lipinski definition) is 2. The van der Waals surface area contributed by atoms with E-state index in [1.165, 1.54) is 0 Å². The van der Waals surface area contributed by atoms with Crippen LogP contribution in [0.5, 0.6) is 5.75 Å². The monoisotopic (exact) mass is 199 g/mol. The molecule has 0 aliphatic carbocycles. The molecule has 0 heterocycles. The summed E-state index contributed by atoms with van der Waals surface area (Å²) in [4.78, 5) is 0. The Labute approximate surface area is 77.6 Å². The highest BCUT2D eigenvalue weighted by Gasteiger charge is 2.05. The van der Waals surface area contributed by atoms with Crippen molar-refractivity contribution in [1.82, 2.24) is 0 Å². The van der Waals surface area contributed by atoms with Gasteiger partial charge in [-0.25, -0.2) is 4.57 Å². The third-order valence-electron chi connectivity index (χ3n) is 1.63. The topological polar surface area (TPSA) is 72.5 Å². The van der Waals surface area contributed by atoms with Gasteiger partial charge in [0.1, 0.15) is 5.75 Å². The Hall–Kier alpha value is -0.960. The lowest BCUT2D eigenvalue weighted by Gasteiger charge is -2.08. The first kappa shape index (κ1) is 10.1. The van der Waals surface area contributed by atoms with Gasteiger partial charge in [-0.3, -0.25) is 4.52 Å². The van der Waals surface area contributed by atoms with E-state index in [9.17, 15) is 4.57 Å². The maximum Gasteiger partial charge on any atom is 0.327 e. The van der Waals surface area contributed by atoms with Gasteiger partial charge >= 0.3 is 8.69 Å². The van der Waals surface area contributed by atoms with Crippen molar-refractivity contribution in [2.24, 2.45) is 5.73 Å². The van der Waals surface area contributed by atoms with E-state index in [0.717, 1.165) is 5.56 Å². The van der Waals surface area contributed by atoms with Gasteiger partial charge in [-0.2, -0.15) is 0 Å². The van der Waals surface area contributed by atoms with Gasteiger partial charge in [0.25, 0.3) is 0 Å². The van der Waals surface area contributed by atoms with Crippen LogP contribution in [0.3, 0.4) is 0 Å². The fourth-order valence-electron chi connectivity index (χ4n) is 0.928. The summed E-state index contributed by atoms with van der Waals surface area (Å²) < 4.78 is 14.6. The molecule has 3 N–H and O–H groups in total. The Kier molecular flexibility index (Phi) is 3.83. The molecule has 0 bridgehead atoms. The van der Waals surface area contributed by atoms with Crippen LogP contribution in [0.2, 0.25) is 0 Å². The highest BCUT2D eigenvalue weighted by Crippen LogP contribution is 2.16. The lowest BCUT2D eigenvalue weighted by molar-refractivity contribution is 0.314. The van der Waals surface area contributed by atoms with Gasteiger partial charge in [-0.15, -0.1) is 0 Å². The van der Waals surface area contributed by atoms with E-state index in [1.807, 2.05) is 0 Å². The molecule has 1 atom stereocenters. The van der Waals surface area contributed by atoms with Crippen LogP contribution < -0.4 is 5.73 Å². The number of phenolic OH excluding ortho intramolecular Hbond substituents is 1. The van der Waals surface area contributed by atoms with Crippen LogP contribution >= 0.6 is 8.69 Å². The zero-order valence-electron chi connectivity index (χ0n) is 6.88. The molecule has 0 aromatic heterocycles. The van der Waals surface area contributed by atoms with Crippen LogP contribution in [0.25, 0.3) is 0 Å². The van der Waals surface area contributed by atoms with E-state index in [1.54, 1.807) is 24.3 Å². The predicted octanol–water partition coefficient (Wildman–Crippen LogP) is 1.62. The van der Waals surface area contributed by atoms with E-state index < -0.39 is 0 Å². The normalized spacial score (nSPS) is 13.0. The zero-order valence-corrected chi connectivity index (χ0v) is 7.78. The molecule has 0 saturated heterocycles. The fourth-order valence-corrected chi connectivity index (χ4v) is 1.15. The molecule has 0 aliphatic rings. The molecule has 0 spiro atoms. The second-order valence-electron chi connectivity index (χ2n) is 2.57. The lowest BCUT2D eigenvalue weighted by Crippen LogP contribution is -2.14. The Morgan fingerprint density at radius 1 is 1.46 bits per heavy atom. The minimum atomic E-state index is -0.369. The van der Waals surface area contributed by atoms with Gasteiger partial charge in [0, 0.05) is 0 Å². The maximum absolute atomic E-state index is 9.97. The minimum absolute atomic E-state index is 0.190. The first-order valence-corrected chi connectivity index (χ1v) is 4.46. The Balaban J connectivity index is 2.60. The molecule has 0 fully saturated rings. The summed E-state index contributed by atoms with van der Waals surface area (Å²) in [6.07, 6.45) is 0. The SMILES string of the molecule is NC(COP=O)c1ccc(O)cc1. The van der Waals surface area contributed by atoms with E-state index in [4.69, 9.17) is 10.8 Å². The molecule has 1 rings (SSSR count). The summed E-state index contributed by atoms with van der Waals surface area (Å²) in [5.41, 5.74) is 6.52. The number of benzene rings is 1. The van der Waals surface area contributed by atoms with Crippen molar-refractivity contribution in [3.8, 4) is 5.75 Å². The number of phenols is 1. The van der Waals surface area contributed by atoms with Crippen molar-refractivity contribution in [2.75, 3.05) is 6.61 Å². The molecule has 1 aromatic rings. The van der Waals surface area contributed by atoms with Gasteiger partial charge < -0.3 is 10.8 Å². The third kappa shape index (κ3) is 3.11. The van der Waals surface area contributed by atoms with Crippen LogP contribution in [0.4, 0.5) is 0 Å². The summed E-state index contributed by atoms with van der Waals surface area (Å²) in [5.74, 6) is 0.193. The number of hydrogen-bond acceptors (Lipinski definition) is 4. The summed E-state index contributed by atoms with van der Waals surface area (Å²) in [6.45, 7) is 0.190. The molecule has 1 aromatic carbocycles. The highest BCUT2D eigenvalue weighted by atomic mass is 31.1. The summed E-state index contributed by atoms with van der Waals surface area (Å²) in [5, 5.41) is 8.99. The quantitative estimate of drug-likeness (QED) is 0.722. The molecule has 4 nitrogen and oxygen atoms in total. The summed E-state index contributed by atoms with van der Waals surface area (Å²) in [6, 6.07) is 6.17. The van der Waals surface area contributed by atoms with Crippen LogP contribution in [0.15, 0.2) is 24.3 Å². The second-order valence-corrected chi connectivity index (χ2v) is 2.98. The van der Waals surface area contributed by atoms with Gasteiger partial charge in [0.2, 0.25) is 0 Å². The van der Waals surface area contributed by atoms with E-state index in [-0.39, 0.29) is 27.1 Å². The summed E-state index contributed by atoms with van der Waals surface area (Å²) in [7, 11) is -0.369. The molecule has 5 heteroatoms. The van der Waals surface area contributed by atoms with Gasteiger partial charge in [0.05, 0.1) is 12.6 Å². The van der Waals surface area contributed by atoms with Crippen molar-refractivity contribution in [2.45, 2.75) is 6.04 Å². The van der Waals surface area contributed by atoms with Crippen molar-refractivity contribution >= 4 is 8.69 Å². The van der Waals surface area contributed by atoms with Crippen molar-refractivity contribution < 1.29 is 14.2 Å². The average molecular weight is 199 g/mol. The molecule has 1 unspecified atom stereocenters. The van der Waals surface area contributed by atoms with Crippen molar-refractivity contribution in [3.05, 3.63) is 29.8 Å². The van der Waals surface area contributed by atoms with Crippen LogP contribution in [-0.4, -0.2) is 11.7 Å². The minimum Gasteiger partial charge on any atom is -0.508 e. The Morgan fingerprint density at radius 2 is 2.08 bits per heavy atom. The number of aromatic hydroxyl groups is 1. The Morgan fingerprint density at radius 3 is 2.62 bits per heavy atom. The maximum atomic E-state index is 9.97. The fraction of sp³-hybridized carbons (Fsp3) is 0.250. The predicted molar refractivity (Wildman–Crippen MR) is 48.6 cm³/mol. The lowest BCUT2D eigenvalue weighted by atomic mass is 10.1. The van der Waals surface area contributed by atoms with Crippen LogP contribution in [0, 0.1) is 0 Å². The molecule has 70 valence electrons. The van der Waals surface area contributed by atoms with Crippen LogP contribution in [0.1, 0.15) is 11.6 Å². The average Bonchev–Trinajstić information content (AvgIpc) is 2.15. The highest BCUT2D eigenvalue weighted by molar-refractivity contribution is 7.17. The molecule has 0 saturated carbocycles. The zero-order chi connectivity index (χ0) is 9.68. The van der Waals surface area contributed by atoms with E-state index >= 15 is 0 Å². The van der Waals surface area contributed by atoms with Crippen LogP contribution in [-0.2, 0) is 9.09 Å².